The molecule has 0 spiro atoms. The number of hydrogen-bond acceptors (Lipinski definition) is 1. The number of nitrogens with two attached hydrogens (primary N) is 1. The molecule has 0 aromatic heterocycles. The summed E-state index contributed by atoms with van der Waals surface area (Å²) in [7, 11) is 0. The average molecular weight is 371 g/mol. The van der Waals surface area contributed by atoms with Crippen molar-refractivity contribution in [2.75, 3.05) is 5.73 Å². The Bertz CT molecular complexity index is 1310. The zero-order valence-corrected chi connectivity index (χ0v) is 16.0. The van der Waals surface area contributed by atoms with Crippen molar-refractivity contribution >= 4 is 16.5 Å². The Morgan fingerprint density at radius 3 is 1.41 bits per heavy atom. The minimum absolute atomic E-state index is 0.794. The van der Waals surface area contributed by atoms with Crippen molar-refractivity contribution in [1.82, 2.24) is 0 Å². The van der Waals surface area contributed by atoms with Crippen LogP contribution in [0.25, 0.3) is 44.2 Å². The van der Waals surface area contributed by atoms with Crippen molar-refractivity contribution < 1.29 is 0 Å². The summed E-state index contributed by atoms with van der Waals surface area (Å²) in [6.45, 7) is 0. The number of hydrogen-bond donors (Lipinski definition) is 1. The van der Waals surface area contributed by atoms with Crippen LogP contribution < -0.4 is 5.73 Å². The number of fused-ring (bicyclic) bond motifs is 1. The van der Waals surface area contributed by atoms with Crippen LogP contribution in [0.2, 0.25) is 0 Å². The van der Waals surface area contributed by atoms with Gasteiger partial charge in [0.2, 0.25) is 0 Å². The zero-order chi connectivity index (χ0) is 19.6. The molecular formula is C28H21N. The number of nitrogen functional groups attached to an aromatic ring is 1. The molecule has 1 nitrogen and oxygen atoms in total. The zero-order valence-electron chi connectivity index (χ0n) is 16.0. The van der Waals surface area contributed by atoms with Gasteiger partial charge in [-0.05, 0) is 44.7 Å². The summed E-state index contributed by atoms with van der Waals surface area (Å²) in [5.74, 6) is 0. The van der Waals surface area contributed by atoms with Crippen molar-refractivity contribution in [2.24, 2.45) is 0 Å². The molecule has 0 atom stereocenters. The topological polar surface area (TPSA) is 26.0 Å². The molecule has 0 radical (unpaired) electrons. The first-order valence-electron chi connectivity index (χ1n) is 9.84. The average Bonchev–Trinajstić information content (AvgIpc) is 2.79. The summed E-state index contributed by atoms with van der Waals surface area (Å²) in [4.78, 5) is 0. The number of benzene rings is 5. The molecule has 0 aliphatic heterocycles. The lowest BCUT2D eigenvalue weighted by Gasteiger charge is -2.16. The van der Waals surface area contributed by atoms with E-state index in [1.54, 1.807) is 0 Å². The fourth-order valence-electron chi connectivity index (χ4n) is 4.11. The summed E-state index contributed by atoms with van der Waals surface area (Å²) in [5, 5.41) is 2.51. The van der Waals surface area contributed by atoms with E-state index in [0.717, 1.165) is 16.8 Å². The van der Waals surface area contributed by atoms with Crippen molar-refractivity contribution in [3.8, 4) is 33.4 Å². The highest BCUT2D eigenvalue weighted by molar-refractivity contribution is 6.02. The van der Waals surface area contributed by atoms with Gasteiger partial charge in [0.05, 0.1) is 0 Å². The van der Waals surface area contributed by atoms with Crippen LogP contribution in [-0.2, 0) is 0 Å². The van der Waals surface area contributed by atoms with Crippen LogP contribution in [0, 0.1) is 0 Å². The van der Waals surface area contributed by atoms with Crippen LogP contribution >= 0.6 is 0 Å². The van der Waals surface area contributed by atoms with Gasteiger partial charge >= 0.3 is 0 Å². The van der Waals surface area contributed by atoms with Crippen LogP contribution in [-0.4, -0.2) is 0 Å². The van der Waals surface area contributed by atoms with Gasteiger partial charge in [-0.3, -0.25) is 0 Å². The molecule has 0 amide bonds. The summed E-state index contributed by atoms with van der Waals surface area (Å²) in [5.41, 5.74) is 14.2. The van der Waals surface area contributed by atoms with Gasteiger partial charge in [0.25, 0.3) is 0 Å². The van der Waals surface area contributed by atoms with Gasteiger partial charge in [-0.25, -0.2) is 0 Å². The maximum absolute atomic E-state index is 6.32. The Labute approximate surface area is 171 Å². The second-order valence-corrected chi connectivity index (χ2v) is 7.21. The summed E-state index contributed by atoms with van der Waals surface area (Å²) >= 11 is 0. The van der Waals surface area contributed by atoms with Gasteiger partial charge in [-0.1, -0.05) is 109 Å². The van der Waals surface area contributed by atoms with E-state index in [1.807, 2.05) is 18.2 Å². The summed E-state index contributed by atoms with van der Waals surface area (Å²) in [6.07, 6.45) is 0. The van der Waals surface area contributed by atoms with Crippen LogP contribution in [0.3, 0.4) is 0 Å². The molecule has 1 heteroatoms. The van der Waals surface area contributed by atoms with Gasteiger partial charge in [0, 0.05) is 11.3 Å². The van der Waals surface area contributed by atoms with Crippen LogP contribution in [0.4, 0.5) is 5.69 Å². The van der Waals surface area contributed by atoms with E-state index >= 15 is 0 Å². The fraction of sp³-hybridized carbons (Fsp3) is 0. The van der Waals surface area contributed by atoms with E-state index in [2.05, 4.69) is 97.1 Å². The van der Waals surface area contributed by atoms with Crippen LogP contribution in [0.5, 0.6) is 0 Å². The Hall–Kier alpha value is -3.84. The van der Waals surface area contributed by atoms with E-state index in [0.29, 0.717) is 0 Å². The fourth-order valence-corrected chi connectivity index (χ4v) is 4.11. The first-order chi connectivity index (χ1) is 14.3. The lowest BCUT2D eigenvalue weighted by Crippen LogP contribution is -1.93. The minimum Gasteiger partial charge on any atom is -0.398 e. The summed E-state index contributed by atoms with van der Waals surface area (Å²) in [6, 6.07) is 40.3. The van der Waals surface area contributed by atoms with Gasteiger partial charge in [-0.2, -0.15) is 0 Å². The third-order valence-corrected chi connectivity index (χ3v) is 5.48. The molecule has 0 saturated carbocycles. The first kappa shape index (κ1) is 17.3. The van der Waals surface area contributed by atoms with Crippen molar-refractivity contribution in [3.63, 3.8) is 0 Å². The highest BCUT2D eigenvalue weighted by atomic mass is 14.6. The van der Waals surface area contributed by atoms with Crippen LogP contribution in [0.15, 0.2) is 115 Å². The molecule has 5 aromatic rings. The molecule has 138 valence electrons. The third kappa shape index (κ3) is 3.07. The van der Waals surface area contributed by atoms with Crippen molar-refractivity contribution in [3.05, 3.63) is 115 Å². The quantitative estimate of drug-likeness (QED) is 0.328. The first-order valence-corrected chi connectivity index (χ1v) is 9.84. The molecule has 0 unspecified atom stereocenters. The van der Waals surface area contributed by atoms with Gasteiger partial charge in [0.15, 0.2) is 0 Å². The second kappa shape index (κ2) is 7.29. The number of para-hydroxylation sites is 1. The highest BCUT2D eigenvalue weighted by Crippen LogP contribution is 2.41. The van der Waals surface area contributed by atoms with Crippen LogP contribution in [0.1, 0.15) is 0 Å². The SMILES string of the molecule is Nc1ccccc1-c1ccccc1-c1ccccc1-c1cccc2ccccc12. The van der Waals surface area contributed by atoms with Crippen molar-refractivity contribution in [1.29, 1.82) is 0 Å². The number of rotatable bonds is 3. The molecule has 5 aromatic carbocycles. The predicted octanol–water partition coefficient (Wildman–Crippen LogP) is 7.42. The highest BCUT2D eigenvalue weighted by Gasteiger charge is 2.14. The maximum atomic E-state index is 6.32. The maximum Gasteiger partial charge on any atom is 0.0393 e. The molecule has 0 heterocycles. The Balaban J connectivity index is 1.78. The molecule has 0 fully saturated rings. The molecule has 2 N–H and O–H groups in total. The predicted molar refractivity (Wildman–Crippen MR) is 125 cm³/mol. The second-order valence-electron chi connectivity index (χ2n) is 7.21. The molecule has 29 heavy (non-hydrogen) atoms. The molecule has 0 aliphatic carbocycles. The van der Waals surface area contributed by atoms with E-state index in [9.17, 15) is 0 Å². The standard InChI is InChI=1S/C28H21N/c29-28-19-8-7-17-27(28)26-16-6-5-15-25(26)24-14-4-3-13-23(24)22-18-9-11-20-10-1-2-12-21(20)22/h1-19H,29H2. The minimum atomic E-state index is 0.794. The van der Waals surface area contributed by atoms with Gasteiger partial charge in [0.1, 0.15) is 0 Å². The Morgan fingerprint density at radius 2 is 0.759 bits per heavy atom. The lowest BCUT2D eigenvalue weighted by molar-refractivity contribution is 1.57. The monoisotopic (exact) mass is 371 g/mol. The summed E-state index contributed by atoms with van der Waals surface area (Å²) < 4.78 is 0. The molecule has 5 rings (SSSR count). The third-order valence-electron chi connectivity index (χ3n) is 5.48. The normalized spacial score (nSPS) is 10.9. The van der Waals surface area contributed by atoms with Crippen molar-refractivity contribution in [2.45, 2.75) is 0 Å². The van der Waals surface area contributed by atoms with Gasteiger partial charge < -0.3 is 5.73 Å². The molecular weight excluding hydrogens is 350 g/mol. The molecule has 0 aliphatic rings. The lowest BCUT2D eigenvalue weighted by atomic mass is 9.87. The molecule has 0 bridgehead atoms. The van der Waals surface area contributed by atoms with E-state index in [4.69, 9.17) is 5.73 Å². The largest absolute Gasteiger partial charge is 0.398 e. The Morgan fingerprint density at radius 1 is 0.345 bits per heavy atom. The van der Waals surface area contributed by atoms with E-state index in [-0.39, 0.29) is 0 Å². The smallest absolute Gasteiger partial charge is 0.0393 e. The van der Waals surface area contributed by atoms with Gasteiger partial charge in [-0.15, -0.1) is 0 Å². The molecule has 0 saturated heterocycles. The number of anilines is 1. The van der Waals surface area contributed by atoms with E-state index in [1.165, 1.54) is 33.0 Å². The van der Waals surface area contributed by atoms with E-state index < -0.39 is 0 Å². The Kier molecular flexibility index (Phi) is 4.34.